The number of hydrogen-bond donors (Lipinski definition) is 1. The Kier molecular flexibility index (Phi) is 4.87. The van der Waals surface area contributed by atoms with E-state index in [4.69, 9.17) is 0 Å². The third kappa shape index (κ3) is 3.31. The highest BCUT2D eigenvalue weighted by Gasteiger charge is 2.43. The zero-order valence-electron chi connectivity index (χ0n) is 15.0. The van der Waals surface area contributed by atoms with Crippen molar-refractivity contribution in [2.24, 2.45) is 5.92 Å². The van der Waals surface area contributed by atoms with Crippen molar-refractivity contribution in [1.82, 2.24) is 4.90 Å². The van der Waals surface area contributed by atoms with Gasteiger partial charge in [0.1, 0.15) is 5.60 Å². The zero-order chi connectivity index (χ0) is 17.8. The van der Waals surface area contributed by atoms with Crippen LogP contribution in [0.3, 0.4) is 0 Å². The molecule has 1 saturated heterocycles. The van der Waals surface area contributed by atoms with Gasteiger partial charge in [0, 0.05) is 19.0 Å². The molecule has 0 bridgehead atoms. The first-order valence-corrected chi connectivity index (χ1v) is 9.36. The Labute approximate surface area is 155 Å². The molecule has 26 heavy (non-hydrogen) atoms. The van der Waals surface area contributed by atoms with Gasteiger partial charge in [-0.1, -0.05) is 91.0 Å². The minimum Gasteiger partial charge on any atom is -0.380 e. The van der Waals surface area contributed by atoms with E-state index in [2.05, 4.69) is 35.2 Å². The van der Waals surface area contributed by atoms with Crippen LogP contribution in [0.4, 0.5) is 0 Å². The minimum absolute atomic E-state index is 0.177. The monoisotopic (exact) mass is 343 g/mol. The van der Waals surface area contributed by atoms with E-state index in [0.717, 1.165) is 37.2 Å². The molecular weight excluding hydrogens is 318 g/mol. The third-order valence-electron chi connectivity index (χ3n) is 5.54. The van der Waals surface area contributed by atoms with Crippen molar-refractivity contribution in [3.05, 3.63) is 108 Å². The summed E-state index contributed by atoms with van der Waals surface area (Å²) in [6.45, 7) is 2.85. The van der Waals surface area contributed by atoms with E-state index in [1.807, 2.05) is 60.7 Å². The summed E-state index contributed by atoms with van der Waals surface area (Å²) in [5.74, 6) is 0.177. The molecule has 1 aliphatic heterocycles. The maximum atomic E-state index is 11.9. The fraction of sp³-hybridized carbons (Fsp3) is 0.250. The molecule has 0 radical (unpaired) electrons. The summed E-state index contributed by atoms with van der Waals surface area (Å²) >= 11 is 0. The van der Waals surface area contributed by atoms with E-state index < -0.39 is 5.60 Å². The van der Waals surface area contributed by atoms with Crippen LogP contribution in [-0.2, 0) is 12.1 Å². The van der Waals surface area contributed by atoms with Crippen molar-refractivity contribution in [2.75, 3.05) is 13.1 Å². The highest BCUT2D eigenvalue weighted by atomic mass is 16.3. The Bertz CT molecular complexity index is 777. The summed E-state index contributed by atoms with van der Waals surface area (Å²) in [4.78, 5) is 2.46. The lowest BCUT2D eigenvalue weighted by atomic mass is 9.75. The molecule has 0 amide bonds. The number of rotatable bonds is 5. The van der Waals surface area contributed by atoms with E-state index in [1.165, 1.54) is 5.56 Å². The van der Waals surface area contributed by atoms with Gasteiger partial charge in [-0.15, -0.1) is 0 Å². The molecule has 132 valence electrons. The summed E-state index contributed by atoms with van der Waals surface area (Å²) < 4.78 is 0. The first kappa shape index (κ1) is 17.0. The summed E-state index contributed by atoms with van der Waals surface area (Å²) in [5.41, 5.74) is 2.35. The Morgan fingerprint density at radius 3 is 1.81 bits per heavy atom. The molecule has 1 fully saturated rings. The molecule has 1 N–H and O–H groups in total. The molecule has 1 unspecified atom stereocenters. The molecule has 0 saturated carbocycles. The first-order valence-electron chi connectivity index (χ1n) is 9.36. The van der Waals surface area contributed by atoms with Crippen LogP contribution in [0, 0.1) is 5.92 Å². The van der Waals surface area contributed by atoms with E-state index in [-0.39, 0.29) is 5.92 Å². The average molecular weight is 343 g/mol. The molecule has 0 spiro atoms. The standard InChI is InChI=1S/C24H25NO/c26-24(21-12-6-2-7-13-21,22-14-8-3-9-15-22)23-16-17-25(19-23)18-20-10-4-1-5-11-20/h1-15,23,26H,16-19H2. The van der Waals surface area contributed by atoms with Crippen LogP contribution in [0.2, 0.25) is 0 Å². The predicted octanol–water partition coefficient (Wildman–Crippen LogP) is 4.44. The Hall–Kier alpha value is -2.42. The van der Waals surface area contributed by atoms with Crippen molar-refractivity contribution in [1.29, 1.82) is 0 Å². The molecule has 0 aliphatic carbocycles. The van der Waals surface area contributed by atoms with Crippen LogP contribution in [0.25, 0.3) is 0 Å². The second kappa shape index (κ2) is 7.45. The third-order valence-corrected chi connectivity index (χ3v) is 5.54. The largest absolute Gasteiger partial charge is 0.380 e. The van der Waals surface area contributed by atoms with Crippen molar-refractivity contribution in [2.45, 2.75) is 18.6 Å². The normalized spacial score (nSPS) is 18.1. The van der Waals surface area contributed by atoms with Gasteiger partial charge >= 0.3 is 0 Å². The van der Waals surface area contributed by atoms with Crippen molar-refractivity contribution in [3.63, 3.8) is 0 Å². The molecule has 2 heteroatoms. The number of hydrogen-bond acceptors (Lipinski definition) is 2. The van der Waals surface area contributed by atoms with E-state index in [1.54, 1.807) is 0 Å². The smallest absolute Gasteiger partial charge is 0.119 e. The van der Waals surface area contributed by atoms with E-state index >= 15 is 0 Å². The SMILES string of the molecule is OC(c1ccccc1)(c1ccccc1)C1CCN(Cc2ccccc2)C1. The van der Waals surface area contributed by atoms with Crippen molar-refractivity contribution < 1.29 is 5.11 Å². The summed E-state index contributed by atoms with van der Waals surface area (Å²) in [6.07, 6.45) is 0.993. The summed E-state index contributed by atoms with van der Waals surface area (Å²) in [5, 5.41) is 11.9. The molecule has 2 nitrogen and oxygen atoms in total. The molecule has 4 rings (SSSR count). The highest BCUT2D eigenvalue weighted by Crippen LogP contribution is 2.41. The van der Waals surface area contributed by atoms with Gasteiger partial charge in [0.25, 0.3) is 0 Å². The lowest BCUT2D eigenvalue weighted by molar-refractivity contribution is 0.0196. The van der Waals surface area contributed by atoms with Crippen molar-refractivity contribution >= 4 is 0 Å². The fourth-order valence-corrected chi connectivity index (χ4v) is 4.18. The Balaban J connectivity index is 1.61. The zero-order valence-corrected chi connectivity index (χ0v) is 15.0. The number of aliphatic hydroxyl groups is 1. The van der Waals surface area contributed by atoms with Gasteiger partial charge in [-0.05, 0) is 29.7 Å². The quantitative estimate of drug-likeness (QED) is 0.740. The summed E-state index contributed by atoms with van der Waals surface area (Å²) in [7, 11) is 0. The molecule has 1 aliphatic rings. The summed E-state index contributed by atoms with van der Waals surface area (Å²) in [6, 6.07) is 30.8. The van der Waals surface area contributed by atoms with E-state index in [0.29, 0.717) is 0 Å². The lowest BCUT2D eigenvalue weighted by Gasteiger charge is -2.35. The van der Waals surface area contributed by atoms with Gasteiger partial charge in [-0.3, -0.25) is 4.90 Å². The number of benzene rings is 3. The molecule has 1 heterocycles. The molecule has 3 aromatic rings. The van der Waals surface area contributed by atoms with Crippen LogP contribution in [0.15, 0.2) is 91.0 Å². The highest BCUT2D eigenvalue weighted by molar-refractivity contribution is 5.37. The number of likely N-dealkylation sites (tertiary alicyclic amines) is 1. The second-order valence-electron chi connectivity index (χ2n) is 7.20. The minimum atomic E-state index is -0.950. The maximum Gasteiger partial charge on any atom is 0.119 e. The average Bonchev–Trinajstić information content (AvgIpc) is 3.18. The Morgan fingerprint density at radius 1 is 0.769 bits per heavy atom. The van der Waals surface area contributed by atoms with Crippen LogP contribution in [0.1, 0.15) is 23.1 Å². The second-order valence-corrected chi connectivity index (χ2v) is 7.20. The van der Waals surface area contributed by atoms with Crippen LogP contribution < -0.4 is 0 Å². The maximum absolute atomic E-state index is 11.9. The molecule has 1 atom stereocenters. The topological polar surface area (TPSA) is 23.5 Å². The van der Waals surface area contributed by atoms with Crippen LogP contribution in [-0.4, -0.2) is 23.1 Å². The van der Waals surface area contributed by atoms with Gasteiger partial charge in [0.2, 0.25) is 0 Å². The fourth-order valence-electron chi connectivity index (χ4n) is 4.18. The van der Waals surface area contributed by atoms with E-state index in [9.17, 15) is 5.11 Å². The van der Waals surface area contributed by atoms with Crippen molar-refractivity contribution in [3.8, 4) is 0 Å². The van der Waals surface area contributed by atoms with Gasteiger partial charge in [0.05, 0.1) is 0 Å². The van der Waals surface area contributed by atoms with Gasteiger partial charge in [-0.25, -0.2) is 0 Å². The lowest BCUT2D eigenvalue weighted by Crippen LogP contribution is -2.38. The molecular formula is C24H25NO. The predicted molar refractivity (Wildman–Crippen MR) is 106 cm³/mol. The first-order chi connectivity index (χ1) is 12.8. The van der Waals surface area contributed by atoms with Crippen LogP contribution in [0.5, 0.6) is 0 Å². The molecule has 3 aromatic carbocycles. The number of nitrogens with zero attached hydrogens (tertiary/aromatic N) is 1. The molecule has 0 aromatic heterocycles. The van der Waals surface area contributed by atoms with Gasteiger partial charge in [-0.2, -0.15) is 0 Å². The van der Waals surface area contributed by atoms with Crippen LogP contribution >= 0.6 is 0 Å². The van der Waals surface area contributed by atoms with Gasteiger partial charge < -0.3 is 5.11 Å². The van der Waals surface area contributed by atoms with Gasteiger partial charge in [0.15, 0.2) is 0 Å². The Morgan fingerprint density at radius 2 is 1.27 bits per heavy atom.